The zero-order valence-electron chi connectivity index (χ0n) is 10.6. The molecule has 0 spiro atoms. The molecule has 0 bridgehead atoms. The van der Waals surface area contributed by atoms with E-state index in [9.17, 15) is 4.79 Å². The summed E-state index contributed by atoms with van der Waals surface area (Å²) in [6, 6.07) is 10.0. The molecule has 4 heteroatoms. The fraction of sp³-hybridized carbons (Fsp3) is 0.429. The number of nitrogens with zero attached hydrogens (tertiary/aromatic N) is 2. The molecule has 0 saturated carbocycles. The average Bonchev–Trinajstić information content (AvgIpc) is 2.34. The molecule has 0 amide bonds. The Morgan fingerprint density at radius 3 is 2.72 bits per heavy atom. The molecule has 1 aromatic carbocycles. The molecular weight excluding hydrogens is 228 g/mol. The number of para-hydroxylation sites is 1. The van der Waals surface area contributed by atoms with E-state index in [0.29, 0.717) is 19.5 Å². The quantitative estimate of drug-likeness (QED) is 0.751. The van der Waals surface area contributed by atoms with Gasteiger partial charge in [0, 0.05) is 25.2 Å². The SMILES string of the molecule is Cc1ccccc1N(CCCC#N)CCC(=O)O. The van der Waals surface area contributed by atoms with Crippen LogP contribution in [-0.2, 0) is 4.79 Å². The molecule has 0 unspecified atom stereocenters. The molecule has 0 fully saturated rings. The van der Waals surface area contributed by atoms with Gasteiger partial charge in [0.15, 0.2) is 0 Å². The van der Waals surface area contributed by atoms with Crippen LogP contribution in [-0.4, -0.2) is 24.2 Å². The standard InChI is InChI=1S/C14H18N2O2/c1-12-6-2-3-7-13(12)16(10-5-4-9-15)11-8-14(17)18/h2-3,6-7H,4-5,8,10-11H2,1H3,(H,17,18). The maximum Gasteiger partial charge on any atom is 0.305 e. The number of carbonyl (C=O) groups is 1. The number of hydrogen-bond donors (Lipinski definition) is 1. The molecule has 18 heavy (non-hydrogen) atoms. The molecule has 0 aromatic heterocycles. The summed E-state index contributed by atoms with van der Waals surface area (Å²) in [5.41, 5.74) is 2.18. The highest BCUT2D eigenvalue weighted by molar-refractivity contribution is 5.68. The molecule has 96 valence electrons. The van der Waals surface area contributed by atoms with E-state index < -0.39 is 5.97 Å². The second-order valence-corrected chi connectivity index (χ2v) is 4.18. The number of hydrogen-bond acceptors (Lipinski definition) is 3. The van der Waals surface area contributed by atoms with Crippen molar-refractivity contribution < 1.29 is 9.90 Å². The first kappa shape index (κ1) is 14.0. The highest BCUT2D eigenvalue weighted by Gasteiger charge is 2.10. The molecule has 0 heterocycles. The van der Waals surface area contributed by atoms with Crippen LogP contribution in [0.4, 0.5) is 5.69 Å². The van der Waals surface area contributed by atoms with Gasteiger partial charge in [0.05, 0.1) is 12.5 Å². The van der Waals surface area contributed by atoms with Crippen molar-refractivity contribution in [2.45, 2.75) is 26.2 Å². The number of anilines is 1. The fourth-order valence-electron chi connectivity index (χ4n) is 1.85. The molecule has 0 aliphatic carbocycles. The lowest BCUT2D eigenvalue weighted by atomic mass is 10.1. The third-order valence-corrected chi connectivity index (χ3v) is 2.77. The Morgan fingerprint density at radius 1 is 1.39 bits per heavy atom. The van der Waals surface area contributed by atoms with E-state index in [1.807, 2.05) is 36.1 Å². The summed E-state index contributed by atoms with van der Waals surface area (Å²) in [6.07, 6.45) is 1.36. The van der Waals surface area contributed by atoms with E-state index in [-0.39, 0.29) is 6.42 Å². The van der Waals surface area contributed by atoms with Gasteiger partial charge in [-0.3, -0.25) is 4.79 Å². The summed E-state index contributed by atoms with van der Waals surface area (Å²) >= 11 is 0. The smallest absolute Gasteiger partial charge is 0.305 e. The van der Waals surface area contributed by atoms with Crippen molar-refractivity contribution in [3.05, 3.63) is 29.8 Å². The van der Waals surface area contributed by atoms with Crippen LogP contribution in [0.25, 0.3) is 0 Å². The van der Waals surface area contributed by atoms with E-state index in [4.69, 9.17) is 10.4 Å². The Labute approximate surface area is 107 Å². The molecule has 0 aliphatic rings. The number of nitriles is 1. The predicted octanol–water partition coefficient (Wildman–Crippen LogP) is 2.58. The van der Waals surface area contributed by atoms with Crippen LogP contribution in [0.15, 0.2) is 24.3 Å². The van der Waals surface area contributed by atoms with Crippen LogP contribution >= 0.6 is 0 Å². The van der Waals surface area contributed by atoms with Crippen LogP contribution in [0.5, 0.6) is 0 Å². The number of unbranched alkanes of at least 4 members (excludes halogenated alkanes) is 1. The normalized spacial score (nSPS) is 9.78. The minimum atomic E-state index is -0.797. The van der Waals surface area contributed by atoms with Gasteiger partial charge in [-0.1, -0.05) is 18.2 Å². The monoisotopic (exact) mass is 246 g/mol. The number of aliphatic carboxylic acids is 1. The average molecular weight is 246 g/mol. The third kappa shape index (κ3) is 4.46. The van der Waals surface area contributed by atoms with Crippen molar-refractivity contribution >= 4 is 11.7 Å². The molecule has 1 aromatic rings. The molecule has 0 saturated heterocycles. The van der Waals surface area contributed by atoms with Crippen molar-refractivity contribution in [2.24, 2.45) is 0 Å². The van der Waals surface area contributed by atoms with Gasteiger partial charge in [0.25, 0.3) is 0 Å². The first-order valence-corrected chi connectivity index (χ1v) is 6.04. The van der Waals surface area contributed by atoms with Crippen LogP contribution in [0.1, 0.15) is 24.8 Å². The number of carboxylic acid groups (broad SMARTS) is 1. The van der Waals surface area contributed by atoms with Gasteiger partial charge < -0.3 is 10.0 Å². The fourth-order valence-corrected chi connectivity index (χ4v) is 1.85. The second kappa shape index (κ2) is 7.33. The van der Waals surface area contributed by atoms with Crippen molar-refractivity contribution in [2.75, 3.05) is 18.0 Å². The van der Waals surface area contributed by atoms with Gasteiger partial charge in [0.2, 0.25) is 0 Å². The second-order valence-electron chi connectivity index (χ2n) is 4.18. The number of benzene rings is 1. The van der Waals surface area contributed by atoms with Crippen LogP contribution in [0, 0.1) is 18.3 Å². The van der Waals surface area contributed by atoms with Crippen LogP contribution < -0.4 is 4.90 Å². The highest BCUT2D eigenvalue weighted by Crippen LogP contribution is 2.20. The molecule has 1 rings (SSSR count). The Balaban J connectivity index is 2.73. The molecule has 1 N–H and O–H groups in total. The maximum absolute atomic E-state index is 10.7. The van der Waals surface area contributed by atoms with E-state index in [1.165, 1.54) is 0 Å². The van der Waals surface area contributed by atoms with E-state index in [1.54, 1.807) is 0 Å². The predicted molar refractivity (Wildman–Crippen MR) is 70.5 cm³/mol. The Morgan fingerprint density at radius 2 is 2.11 bits per heavy atom. The first-order valence-electron chi connectivity index (χ1n) is 6.04. The van der Waals surface area contributed by atoms with Gasteiger partial charge in [-0.05, 0) is 25.0 Å². The van der Waals surface area contributed by atoms with Gasteiger partial charge >= 0.3 is 5.97 Å². The molecule has 0 aliphatic heterocycles. The van der Waals surface area contributed by atoms with Crippen molar-refractivity contribution in [1.29, 1.82) is 5.26 Å². The van der Waals surface area contributed by atoms with Crippen LogP contribution in [0.2, 0.25) is 0 Å². The maximum atomic E-state index is 10.7. The Hall–Kier alpha value is -2.02. The number of aryl methyl sites for hydroxylation is 1. The van der Waals surface area contributed by atoms with Gasteiger partial charge in [-0.2, -0.15) is 5.26 Å². The van der Waals surface area contributed by atoms with Gasteiger partial charge in [-0.25, -0.2) is 0 Å². The lowest BCUT2D eigenvalue weighted by Gasteiger charge is -2.25. The Bertz CT molecular complexity index is 438. The van der Waals surface area contributed by atoms with Crippen molar-refractivity contribution in [3.8, 4) is 6.07 Å². The van der Waals surface area contributed by atoms with Gasteiger partial charge in [-0.15, -0.1) is 0 Å². The summed E-state index contributed by atoms with van der Waals surface area (Å²) in [5, 5.41) is 17.3. The van der Waals surface area contributed by atoms with Crippen molar-refractivity contribution in [1.82, 2.24) is 0 Å². The minimum Gasteiger partial charge on any atom is -0.481 e. The molecule has 0 atom stereocenters. The van der Waals surface area contributed by atoms with E-state index in [2.05, 4.69) is 6.07 Å². The lowest BCUT2D eigenvalue weighted by Crippen LogP contribution is -2.27. The Kier molecular flexibility index (Phi) is 5.72. The highest BCUT2D eigenvalue weighted by atomic mass is 16.4. The third-order valence-electron chi connectivity index (χ3n) is 2.77. The van der Waals surface area contributed by atoms with E-state index in [0.717, 1.165) is 17.7 Å². The zero-order chi connectivity index (χ0) is 13.4. The molecule has 4 nitrogen and oxygen atoms in total. The van der Waals surface area contributed by atoms with Crippen LogP contribution in [0.3, 0.4) is 0 Å². The molecule has 0 radical (unpaired) electrons. The van der Waals surface area contributed by atoms with Crippen molar-refractivity contribution in [3.63, 3.8) is 0 Å². The number of carboxylic acids is 1. The summed E-state index contributed by atoms with van der Waals surface area (Å²) in [5.74, 6) is -0.797. The zero-order valence-corrected chi connectivity index (χ0v) is 10.6. The van der Waals surface area contributed by atoms with E-state index >= 15 is 0 Å². The van der Waals surface area contributed by atoms with Gasteiger partial charge in [0.1, 0.15) is 0 Å². The number of rotatable bonds is 7. The summed E-state index contributed by atoms with van der Waals surface area (Å²) in [7, 11) is 0. The topological polar surface area (TPSA) is 64.3 Å². The minimum absolute atomic E-state index is 0.112. The summed E-state index contributed by atoms with van der Waals surface area (Å²) in [4.78, 5) is 12.7. The summed E-state index contributed by atoms with van der Waals surface area (Å²) < 4.78 is 0. The largest absolute Gasteiger partial charge is 0.481 e. The summed E-state index contributed by atoms with van der Waals surface area (Å²) in [6.45, 7) is 3.20. The first-order chi connectivity index (χ1) is 8.65. The molecular formula is C14H18N2O2. The lowest BCUT2D eigenvalue weighted by molar-refractivity contribution is -0.136.